The van der Waals surface area contributed by atoms with Crippen molar-refractivity contribution in [3.05, 3.63) is 46.2 Å². The third kappa shape index (κ3) is 3.75. The second-order valence-corrected chi connectivity index (χ2v) is 6.60. The number of benzene rings is 1. The summed E-state index contributed by atoms with van der Waals surface area (Å²) in [7, 11) is 4.01. The van der Waals surface area contributed by atoms with E-state index < -0.39 is 0 Å². The van der Waals surface area contributed by atoms with Gasteiger partial charge in [-0.1, -0.05) is 12.1 Å². The highest BCUT2D eigenvalue weighted by Gasteiger charge is 2.21. The number of thioether (sulfide) groups is 1. The molecule has 1 aromatic carbocycles. The first-order chi connectivity index (χ1) is 10.0. The van der Waals surface area contributed by atoms with Crippen molar-refractivity contribution in [2.45, 2.75) is 11.4 Å². The number of nitrogens with zero attached hydrogens (tertiary/aromatic N) is 3. The van der Waals surface area contributed by atoms with Gasteiger partial charge in [-0.05, 0) is 48.4 Å². The lowest BCUT2D eigenvalue weighted by atomic mass is 10.1. The molecule has 4 nitrogen and oxygen atoms in total. The SMILES string of the molecule is CSc1ccccc1C(=O)c1c(Br)cnn1CCN(C)C. The molecule has 0 aliphatic rings. The molecule has 0 aliphatic carbocycles. The van der Waals surface area contributed by atoms with E-state index in [1.807, 2.05) is 44.6 Å². The van der Waals surface area contributed by atoms with E-state index in [0.717, 1.165) is 21.5 Å². The maximum absolute atomic E-state index is 12.9. The zero-order valence-corrected chi connectivity index (χ0v) is 14.7. The molecule has 2 aromatic rings. The van der Waals surface area contributed by atoms with E-state index in [0.29, 0.717) is 12.2 Å². The van der Waals surface area contributed by atoms with Gasteiger partial charge in [0.2, 0.25) is 5.78 Å². The van der Waals surface area contributed by atoms with Crippen molar-refractivity contribution < 1.29 is 4.79 Å². The maximum atomic E-state index is 12.9. The van der Waals surface area contributed by atoms with Gasteiger partial charge in [-0.15, -0.1) is 11.8 Å². The van der Waals surface area contributed by atoms with Crippen LogP contribution in [0.5, 0.6) is 0 Å². The second kappa shape index (κ2) is 7.24. The number of ketones is 1. The van der Waals surface area contributed by atoms with Gasteiger partial charge < -0.3 is 4.90 Å². The van der Waals surface area contributed by atoms with Crippen molar-refractivity contribution in [1.29, 1.82) is 0 Å². The highest BCUT2D eigenvalue weighted by Crippen LogP contribution is 2.26. The first-order valence-electron chi connectivity index (χ1n) is 6.58. The van der Waals surface area contributed by atoms with E-state index in [4.69, 9.17) is 0 Å². The first kappa shape index (κ1) is 16.3. The third-order valence-electron chi connectivity index (χ3n) is 3.12. The van der Waals surface area contributed by atoms with Gasteiger partial charge in [-0.25, -0.2) is 0 Å². The molecule has 21 heavy (non-hydrogen) atoms. The Morgan fingerprint density at radius 3 is 2.76 bits per heavy atom. The second-order valence-electron chi connectivity index (χ2n) is 4.90. The number of hydrogen-bond donors (Lipinski definition) is 0. The zero-order valence-electron chi connectivity index (χ0n) is 12.3. The minimum atomic E-state index is 0.00285. The van der Waals surface area contributed by atoms with Crippen molar-refractivity contribution >= 4 is 33.5 Å². The minimum Gasteiger partial charge on any atom is -0.308 e. The van der Waals surface area contributed by atoms with Gasteiger partial charge in [0.25, 0.3) is 0 Å². The molecule has 0 radical (unpaired) electrons. The van der Waals surface area contributed by atoms with Crippen LogP contribution in [0.3, 0.4) is 0 Å². The monoisotopic (exact) mass is 367 g/mol. The molecule has 0 N–H and O–H groups in total. The fourth-order valence-electron chi connectivity index (χ4n) is 2.01. The minimum absolute atomic E-state index is 0.00285. The maximum Gasteiger partial charge on any atom is 0.213 e. The number of rotatable bonds is 6. The smallest absolute Gasteiger partial charge is 0.213 e. The number of carbonyl (C=O) groups excluding carboxylic acids is 1. The molecule has 0 atom stereocenters. The number of carbonyl (C=O) groups is 1. The molecule has 1 aromatic heterocycles. The molecule has 112 valence electrons. The largest absolute Gasteiger partial charge is 0.308 e. The quantitative estimate of drug-likeness (QED) is 0.580. The molecule has 1 heterocycles. The summed E-state index contributed by atoms with van der Waals surface area (Å²) >= 11 is 5.02. The summed E-state index contributed by atoms with van der Waals surface area (Å²) in [5.74, 6) is 0.00285. The summed E-state index contributed by atoms with van der Waals surface area (Å²) in [6.45, 7) is 1.51. The molecule has 0 saturated carbocycles. The molecule has 0 amide bonds. The van der Waals surface area contributed by atoms with Crippen LogP contribution >= 0.6 is 27.7 Å². The Bertz CT molecular complexity index is 640. The molecule has 0 saturated heterocycles. The molecule has 0 aliphatic heterocycles. The number of hydrogen-bond acceptors (Lipinski definition) is 4. The lowest BCUT2D eigenvalue weighted by Gasteiger charge is -2.12. The topological polar surface area (TPSA) is 38.1 Å². The molecule has 0 spiro atoms. The Balaban J connectivity index is 2.37. The lowest BCUT2D eigenvalue weighted by Crippen LogP contribution is -2.22. The highest BCUT2D eigenvalue weighted by atomic mass is 79.9. The van der Waals surface area contributed by atoms with Gasteiger partial charge in [0.05, 0.1) is 17.2 Å². The normalized spacial score (nSPS) is 11.1. The third-order valence-corrected chi connectivity index (χ3v) is 4.50. The van der Waals surface area contributed by atoms with Crippen LogP contribution in [0.1, 0.15) is 16.1 Å². The Hall–Kier alpha value is -1.11. The molecular formula is C15H18BrN3OS. The number of likely N-dealkylation sites (N-methyl/N-ethyl adjacent to an activating group) is 1. The summed E-state index contributed by atoms with van der Waals surface area (Å²) in [6.07, 6.45) is 3.66. The van der Waals surface area contributed by atoms with E-state index in [1.54, 1.807) is 22.6 Å². The van der Waals surface area contributed by atoms with Crippen molar-refractivity contribution in [2.75, 3.05) is 26.9 Å². The van der Waals surface area contributed by atoms with Crippen molar-refractivity contribution in [1.82, 2.24) is 14.7 Å². The fraction of sp³-hybridized carbons (Fsp3) is 0.333. The highest BCUT2D eigenvalue weighted by molar-refractivity contribution is 9.10. The standard InChI is InChI=1S/C15H18BrN3OS/c1-18(2)8-9-19-14(12(16)10-17-19)15(20)11-6-4-5-7-13(11)21-3/h4-7,10H,8-9H2,1-3H3. The average Bonchev–Trinajstić information content (AvgIpc) is 2.85. The van der Waals surface area contributed by atoms with Crippen LogP contribution in [0.4, 0.5) is 0 Å². The summed E-state index contributed by atoms with van der Waals surface area (Å²) in [5, 5.41) is 4.31. The predicted octanol–water partition coefficient (Wildman–Crippen LogP) is 3.16. The summed E-state index contributed by atoms with van der Waals surface area (Å²) in [6, 6.07) is 7.67. The van der Waals surface area contributed by atoms with Crippen LogP contribution in [-0.2, 0) is 6.54 Å². The number of aromatic nitrogens is 2. The molecule has 0 fully saturated rings. The summed E-state index contributed by atoms with van der Waals surface area (Å²) < 4.78 is 2.51. The van der Waals surface area contributed by atoms with Crippen molar-refractivity contribution in [2.24, 2.45) is 0 Å². The zero-order chi connectivity index (χ0) is 15.4. The number of halogens is 1. The van der Waals surface area contributed by atoms with Crippen LogP contribution < -0.4 is 0 Å². The molecule has 2 rings (SSSR count). The predicted molar refractivity (Wildman–Crippen MR) is 90.1 cm³/mol. The van der Waals surface area contributed by atoms with E-state index >= 15 is 0 Å². The van der Waals surface area contributed by atoms with E-state index in [9.17, 15) is 4.79 Å². The van der Waals surface area contributed by atoms with Crippen LogP contribution in [-0.4, -0.2) is 47.4 Å². The molecule has 0 bridgehead atoms. The van der Waals surface area contributed by atoms with Gasteiger partial charge >= 0.3 is 0 Å². The van der Waals surface area contributed by atoms with Crippen molar-refractivity contribution in [3.63, 3.8) is 0 Å². The Morgan fingerprint density at radius 2 is 2.10 bits per heavy atom. The summed E-state index contributed by atoms with van der Waals surface area (Å²) in [4.78, 5) is 15.9. The van der Waals surface area contributed by atoms with Gasteiger partial charge in [0.1, 0.15) is 5.69 Å². The van der Waals surface area contributed by atoms with Crippen LogP contribution in [0, 0.1) is 0 Å². The van der Waals surface area contributed by atoms with Crippen molar-refractivity contribution in [3.8, 4) is 0 Å². The Kier molecular flexibility index (Phi) is 5.61. The van der Waals surface area contributed by atoms with E-state index in [1.165, 1.54) is 0 Å². The molecule has 0 unspecified atom stereocenters. The van der Waals surface area contributed by atoms with E-state index in [2.05, 4.69) is 25.9 Å². The van der Waals surface area contributed by atoms with Crippen LogP contribution in [0.2, 0.25) is 0 Å². The fourth-order valence-corrected chi connectivity index (χ4v) is 3.08. The molecule has 6 heteroatoms. The Labute approximate surface area is 137 Å². The van der Waals surface area contributed by atoms with Crippen LogP contribution in [0.15, 0.2) is 39.8 Å². The van der Waals surface area contributed by atoms with Gasteiger partial charge in [-0.2, -0.15) is 5.10 Å². The Morgan fingerprint density at radius 1 is 1.38 bits per heavy atom. The van der Waals surface area contributed by atoms with Gasteiger partial charge in [0.15, 0.2) is 0 Å². The lowest BCUT2D eigenvalue weighted by molar-refractivity contribution is 0.102. The van der Waals surface area contributed by atoms with Crippen LogP contribution in [0.25, 0.3) is 0 Å². The first-order valence-corrected chi connectivity index (χ1v) is 8.60. The average molecular weight is 368 g/mol. The van der Waals surface area contributed by atoms with Gasteiger partial charge in [-0.3, -0.25) is 9.48 Å². The summed E-state index contributed by atoms with van der Waals surface area (Å²) in [5.41, 5.74) is 1.33. The van der Waals surface area contributed by atoms with E-state index in [-0.39, 0.29) is 5.78 Å². The van der Waals surface area contributed by atoms with Gasteiger partial charge in [0, 0.05) is 17.0 Å². The molecular weight excluding hydrogens is 350 g/mol.